The van der Waals surface area contributed by atoms with Gasteiger partial charge in [-0.2, -0.15) is 0 Å². The Morgan fingerprint density at radius 1 is 1.59 bits per heavy atom. The molecule has 0 N–H and O–H groups in total. The smallest absolute Gasteiger partial charge is 0.323 e. The van der Waals surface area contributed by atoms with Crippen LogP contribution in [0.2, 0.25) is 0 Å². The van der Waals surface area contributed by atoms with Crippen LogP contribution in [0.25, 0.3) is 0 Å². The molecule has 0 radical (unpaired) electrons. The zero-order valence-electron chi connectivity index (χ0n) is 10.3. The Morgan fingerprint density at radius 3 is 3.06 bits per heavy atom. The fraction of sp³-hybridized carbons (Fsp3) is 0.727. The summed E-state index contributed by atoms with van der Waals surface area (Å²) in [4.78, 5) is 13.8. The van der Waals surface area contributed by atoms with Crippen LogP contribution in [0, 0.1) is 0 Å². The summed E-state index contributed by atoms with van der Waals surface area (Å²) in [5.41, 5.74) is 0.892. The molecule has 1 fully saturated rings. The van der Waals surface area contributed by atoms with E-state index in [1.807, 2.05) is 13.2 Å². The fourth-order valence-corrected chi connectivity index (χ4v) is 2.26. The first-order valence-corrected chi connectivity index (χ1v) is 5.88. The lowest BCUT2D eigenvalue weighted by molar-refractivity contribution is -0.148. The molecule has 2 heterocycles. The van der Waals surface area contributed by atoms with E-state index in [9.17, 15) is 4.79 Å². The van der Waals surface area contributed by atoms with E-state index in [-0.39, 0.29) is 12.0 Å². The van der Waals surface area contributed by atoms with Crippen molar-refractivity contribution in [2.75, 3.05) is 13.7 Å². The van der Waals surface area contributed by atoms with Gasteiger partial charge >= 0.3 is 5.97 Å². The first-order valence-electron chi connectivity index (χ1n) is 5.88. The lowest BCUT2D eigenvalue weighted by atomic mass is 10.0. The standard InChI is InChI=1S/C11H18N4O2/c1-14-7-9(12-13-14)8-15-6-4-3-5-10(15)11(16)17-2/h7,10H,3-6,8H2,1-2H3. The Labute approximate surface area is 101 Å². The molecule has 1 saturated heterocycles. The highest BCUT2D eigenvalue weighted by atomic mass is 16.5. The van der Waals surface area contributed by atoms with Crippen LogP contribution in [0.1, 0.15) is 25.0 Å². The molecule has 0 bridgehead atoms. The van der Waals surface area contributed by atoms with E-state index in [2.05, 4.69) is 15.2 Å². The lowest BCUT2D eigenvalue weighted by Crippen LogP contribution is -2.44. The summed E-state index contributed by atoms with van der Waals surface area (Å²) in [6.07, 6.45) is 4.94. The van der Waals surface area contributed by atoms with Crippen molar-refractivity contribution in [3.05, 3.63) is 11.9 Å². The van der Waals surface area contributed by atoms with E-state index in [1.165, 1.54) is 7.11 Å². The number of aryl methyl sites for hydroxylation is 1. The number of nitrogens with zero attached hydrogens (tertiary/aromatic N) is 4. The maximum Gasteiger partial charge on any atom is 0.323 e. The summed E-state index contributed by atoms with van der Waals surface area (Å²) < 4.78 is 6.51. The number of ether oxygens (including phenoxy) is 1. The van der Waals surface area contributed by atoms with Gasteiger partial charge in [0, 0.05) is 19.8 Å². The summed E-state index contributed by atoms with van der Waals surface area (Å²) in [7, 11) is 3.28. The van der Waals surface area contributed by atoms with Crippen molar-refractivity contribution in [3.63, 3.8) is 0 Å². The summed E-state index contributed by atoms with van der Waals surface area (Å²) in [6, 6.07) is -0.129. The highest BCUT2D eigenvalue weighted by Gasteiger charge is 2.29. The molecule has 0 saturated carbocycles. The first-order chi connectivity index (χ1) is 8.20. The van der Waals surface area contributed by atoms with E-state index in [1.54, 1.807) is 4.68 Å². The molecule has 1 atom stereocenters. The quantitative estimate of drug-likeness (QED) is 0.711. The third-order valence-corrected chi connectivity index (χ3v) is 3.10. The second kappa shape index (κ2) is 5.27. The molecular formula is C11H18N4O2. The average Bonchev–Trinajstić information content (AvgIpc) is 2.74. The monoisotopic (exact) mass is 238 g/mol. The number of carbonyl (C=O) groups is 1. The van der Waals surface area contributed by atoms with Crippen molar-refractivity contribution in [1.29, 1.82) is 0 Å². The number of hydrogen-bond acceptors (Lipinski definition) is 5. The van der Waals surface area contributed by atoms with Crippen molar-refractivity contribution >= 4 is 5.97 Å². The van der Waals surface area contributed by atoms with Crippen molar-refractivity contribution in [2.45, 2.75) is 31.8 Å². The minimum Gasteiger partial charge on any atom is -0.468 e. The van der Waals surface area contributed by atoms with Gasteiger partial charge in [0.15, 0.2) is 0 Å². The van der Waals surface area contributed by atoms with Gasteiger partial charge in [0.25, 0.3) is 0 Å². The average molecular weight is 238 g/mol. The van der Waals surface area contributed by atoms with Crippen LogP contribution in [0.3, 0.4) is 0 Å². The van der Waals surface area contributed by atoms with Crippen LogP contribution >= 0.6 is 0 Å². The molecule has 6 nitrogen and oxygen atoms in total. The Morgan fingerprint density at radius 2 is 2.41 bits per heavy atom. The van der Waals surface area contributed by atoms with Crippen molar-refractivity contribution in [2.24, 2.45) is 7.05 Å². The van der Waals surface area contributed by atoms with Crippen LogP contribution < -0.4 is 0 Å². The summed E-state index contributed by atoms with van der Waals surface area (Å²) in [6.45, 7) is 1.57. The molecule has 1 aromatic heterocycles. The van der Waals surface area contributed by atoms with Crippen LogP contribution in [0.4, 0.5) is 0 Å². The summed E-state index contributed by atoms with van der Waals surface area (Å²) >= 11 is 0. The SMILES string of the molecule is COC(=O)C1CCCCN1Cc1cn(C)nn1. The van der Waals surface area contributed by atoms with Gasteiger partial charge in [0.2, 0.25) is 0 Å². The molecular weight excluding hydrogens is 220 g/mol. The highest BCUT2D eigenvalue weighted by Crippen LogP contribution is 2.19. The van der Waals surface area contributed by atoms with Gasteiger partial charge in [-0.3, -0.25) is 14.4 Å². The molecule has 1 aromatic rings. The highest BCUT2D eigenvalue weighted by molar-refractivity contribution is 5.75. The Balaban J connectivity index is 2.03. The molecule has 0 amide bonds. The van der Waals surface area contributed by atoms with E-state index in [0.717, 1.165) is 31.5 Å². The number of likely N-dealkylation sites (tertiary alicyclic amines) is 1. The summed E-state index contributed by atoms with van der Waals surface area (Å²) in [5.74, 6) is -0.145. The van der Waals surface area contributed by atoms with Gasteiger partial charge in [-0.25, -0.2) is 0 Å². The zero-order chi connectivity index (χ0) is 12.3. The van der Waals surface area contributed by atoms with Crippen molar-refractivity contribution < 1.29 is 9.53 Å². The van der Waals surface area contributed by atoms with Gasteiger partial charge in [-0.1, -0.05) is 11.6 Å². The minimum atomic E-state index is -0.145. The zero-order valence-corrected chi connectivity index (χ0v) is 10.3. The van der Waals surface area contributed by atoms with E-state index >= 15 is 0 Å². The van der Waals surface area contributed by atoms with Crippen LogP contribution in [-0.4, -0.2) is 45.6 Å². The van der Waals surface area contributed by atoms with Gasteiger partial charge in [0.05, 0.1) is 12.8 Å². The normalized spacial score (nSPS) is 21.4. The third kappa shape index (κ3) is 2.82. The Bertz CT molecular complexity index is 391. The number of esters is 1. The molecule has 6 heteroatoms. The molecule has 0 spiro atoms. The first kappa shape index (κ1) is 12.0. The number of carbonyl (C=O) groups excluding carboxylic acids is 1. The molecule has 94 valence electrons. The lowest BCUT2D eigenvalue weighted by Gasteiger charge is -2.32. The van der Waals surface area contributed by atoms with Crippen LogP contribution in [0.5, 0.6) is 0 Å². The van der Waals surface area contributed by atoms with E-state index in [0.29, 0.717) is 6.54 Å². The molecule has 0 aromatic carbocycles. The van der Waals surface area contributed by atoms with Crippen LogP contribution in [0.15, 0.2) is 6.20 Å². The minimum absolute atomic E-state index is 0.129. The van der Waals surface area contributed by atoms with Crippen molar-refractivity contribution in [1.82, 2.24) is 19.9 Å². The molecule has 1 aliphatic rings. The van der Waals surface area contributed by atoms with Gasteiger partial charge < -0.3 is 4.74 Å². The molecule has 2 rings (SSSR count). The van der Waals surface area contributed by atoms with Crippen molar-refractivity contribution in [3.8, 4) is 0 Å². The number of methoxy groups -OCH3 is 1. The number of aromatic nitrogens is 3. The molecule has 1 unspecified atom stereocenters. The number of piperidine rings is 1. The van der Waals surface area contributed by atoms with E-state index < -0.39 is 0 Å². The molecule has 17 heavy (non-hydrogen) atoms. The molecule has 0 aliphatic carbocycles. The predicted octanol–water partition coefficient (Wildman–Crippen LogP) is 0.343. The van der Waals surface area contributed by atoms with Crippen LogP contribution in [-0.2, 0) is 23.1 Å². The van der Waals surface area contributed by atoms with Gasteiger partial charge in [-0.05, 0) is 19.4 Å². The predicted molar refractivity (Wildman–Crippen MR) is 61.1 cm³/mol. The fourth-order valence-electron chi connectivity index (χ4n) is 2.26. The van der Waals surface area contributed by atoms with Gasteiger partial charge in [0.1, 0.15) is 6.04 Å². The molecule has 1 aliphatic heterocycles. The largest absolute Gasteiger partial charge is 0.468 e. The Hall–Kier alpha value is -1.43. The maximum absolute atomic E-state index is 11.7. The van der Waals surface area contributed by atoms with Gasteiger partial charge in [-0.15, -0.1) is 5.10 Å². The Kier molecular flexibility index (Phi) is 3.73. The maximum atomic E-state index is 11.7. The summed E-state index contributed by atoms with van der Waals surface area (Å²) in [5, 5.41) is 7.94. The third-order valence-electron chi connectivity index (χ3n) is 3.10. The topological polar surface area (TPSA) is 60.2 Å². The second-order valence-electron chi connectivity index (χ2n) is 4.39. The second-order valence-corrected chi connectivity index (χ2v) is 4.39. The number of rotatable bonds is 3. The number of hydrogen-bond donors (Lipinski definition) is 0. The van der Waals surface area contributed by atoms with E-state index in [4.69, 9.17) is 4.74 Å².